The highest BCUT2D eigenvalue weighted by Crippen LogP contribution is 2.33. The Balaban J connectivity index is 1.31. The third-order valence-corrected chi connectivity index (χ3v) is 7.27. The lowest BCUT2D eigenvalue weighted by atomic mass is 10.0. The second kappa shape index (κ2) is 13.0. The number of anilines is 3. The molecule has 0 radical (unpaired) electrons. The van der Waals surface area contributed by atoms with Gasteiger partial charge in [-0.05, 0) is 43.7 Å². The number of nitrogens with one attached hydrogen (secondary N) is 3. The van der Waals surface area contributed by atoms with Gasteiger partial charge in [0.1, 0.15) is 11.9 Å². The topological polar surface area (TPSA) is 154 Å². The van der Waals surface area contributed by atoms with E-state index in [-0.39, 0.29) is 19.1 Å². The van der Waals surface area contributed by atoms with Crippen LogP contribution in [0.25, 0.3) is 11.3 Å². The molecule has 222 valence electrons. The highest BCUT2D eigenvalue weighted by atomic mass is 35.5. The predicted molar refractivity (Wildman–Crippen MR) is 162 cm³/mol. The van der Waals surface area contributed by atoms with Crippen LogP contribution in [-0.2, 0) is 11.3 Å². The minimum atomic E-state index is -0.801. The van der Waals surface area contributed by atoms with Crippen molar-refractivity contribution in [1.29, 1.82) is 0 Å². The van der Waals surface area contributed by atoms with E-state index in [1.54, 1.807) is 43.5 Å². The van der Waals surface area contributed by atoms with Crippen molar-refractivity contribution < 1.29 is 19.4 Å². The van der Waals surface area contributed by atoms with Crippen LogP contribution in [0.15, 0.2) is 60.9 Å². The highest BCUT2D eigenvalue weighted by molar-refractivity contribution is 6.33. The summed E-state index contributed by atoms with van der Waals surface area (Å²) in [7, 11) is 1.53. The minimum Gasteiger partial charge on any atom is -0.481 e. The second-order valence-corrected chi connectivity index (χ2v) is 10.2. The average Bonchev–Trinajstić information content (AvgIpc) is 3.36. The molecule has 0 fully saturated rings. The van der Waals surface area contributed by atoms with Gasteiger partial charge in [-0.2, -0.15) is 0 Å². The number of methoxy groups -OCH3 is 1. The van der Waals surface area contributed by atoms with E-state index in [1.807, 2.05) is 25.1 Å². The van der Waals surface area contributed by atoms with E-state index in [0.29, 0.717) is 57.4 Å². The van der Waals surface area contributed by atoms with E-state index >= 15 is 0 Å². The number of ether oxygens (including phenoxy) is 1. The maximum atomic E-state index is 13.5. The molecule has 4 heterocycles. The van der Waals surface area contributed by atoms with E-state index in [2.05, 4.69) is 35.9 Å². The van der Waals surface area contributed by atoms with Crippen molar-refractivity contribution in [2.24, 2.45) is 0 Å². The van der Waals surface area contributed by atoms with Gasteiger partial charge >= 0.3 is 0 Å². The van der Waals surface area contributed by atoms with Crippen LogP contribution in [0.4, 0.5) is 17.5 Å². The standard InChI is InChI=1S/C30H31ClN8O4/c1-4-32-25-7-5-6-23(36-25)24(16-40)37-28(41)17(2)39-15-19-9-8-18(12-21(19)29(39)42)27-22(31)14-34-30(38-27)35-20-10-11-33-26(13-20)43-3/h5-14,17,24,40H,4,15-16H2,1-3H3,(H,32,36)(H,37,41)(H,33,34,35,38)/t17-,24-/m1/s1. The fraction of sp³-hybridized carbons (Fsp3) is 0.267. The van der Waals surface area contributed by atoms with Gasteiger partial charge in [0.25, 0.3) is 5.91 Å². The molecule has 1 aliphatic rings. The number of carbonyl (C=O) groups is 2. The van der Waals surface area contributed by atoms with Crippen molar-refractivity contribution in [3.8, 4) is 17.1 Å². The maximum absolute atomic E-state index is 13.5. The van der Waals surface area contributed by atoms with Crippen LogP contribution in [0.1, 0.15) is 41.5 Å². The second-order valence-electron chi connectivity index (χ2n) is 9.80. The molecule has 2 atom stereocenters. The zero-order chi connectivity index (χ0) is 30.5. The number of carbonyl (C=O) groups excluding carboxylic acids is 2. The third-order valence-electron chi connectivity index (χ3n) is 6.99. The zero-order valence-corrected chi connectivity index (χ0v) is 24.6. The molecular weight excluding hydrogens is 572 g/mol. The Bertz CT molecular complexity index is 1650. The van der Waals surface area contributed by atoms with Crippen molar-refractivity contribution in [3.63, 3.8) is 0 Å². The molecule has 4 aromatic rings. The quantitative estimate of drug-likeness (QED) is 0.198. The number of aromatic nitrogens is 4. The van der Waals surface area contributed by atoms with Crippen LogP contribution in [-0.4, -0.2) is 68.1 Å². The summed E-state index contributed by atoms with van der Waals surface area (Å²) in [6.45, 7) is 4.21. The van der Waals surface area contributed by atoms with E-state index in [0.717, 1.165) is 5.56 Å². The Morgan fingerprint density at radius 3 is 2.77 bits per heavy atom. The largest absolute Gasteiger partial charge is 0.481 e. The van der Waals surface area contributed by atoms with Gasteiger partial charge in [-0.1, -0.05) is 29.8 Å². The van der Waals surface area contributed by atoms with Gasteiger partial charge in [-0.3, -0.25) is 9.59 Å². The average molecular weight is 603 g/mol. The first-order valence-electron chi connectivity index (χ1n) is 13.7. The van der Waals surface area contributed by atoms with Gasteiger partial charge in [0.05, 0.1) is 42.4 Å². The summed E-state index contributed by atoms with van der Waals surface area (Å²) < 4.78 is 5.16. The van der Waals surface area contributed by atoms with Crippen LogP contribution in [0.3, 0.4) is 0 Å². The molecule has 1 aromatic carbocycles. The number of hydrogen-bond donors (Lipinski definition) is 4. The van der Waals surface area contributed by atoms with E-state index in [1.165, 1.54) is 18.2 Å². The van der Waals surface area contributed by atoms with Crippen molar-refractivity contribution in [2.75, 3.05) is 30.9 Å². The summed E-state index contributed by atoms with van der Waals surface area (Å²) in [5, 5.41) is 19.4. The molecule has 13 heteroatoms. The number of benzene rings is 1. The molecule has 1 aliphatic heterocycles. The van der Waals surface area contributed by atoms with Crippen molar-refractivity contribution in [2.45, 2.75) is 32.5 Å². The molecule has 0 aliphatic carbocycles. The molecule has 0 spiro atoms. The van der Waals surface area contributed by atoms with Crippen molar-refractivity contribution >= 4 is 40.9 Å². The molecule has 5 rings (SSSR count). The SMILES string of the molecule is CCNc1cccc([C@@H](CO)NC(=O)[C@@H](C)N2Cc3ccc(-c4nc(Nc5ccnc(OC)c5)ncc4Cl)cc3C2=O)n1. The van der Waals surface area contributed by atoms with Gasteiger partial charge in [-0.15, -0.1) is 0 Å². The number of hydrogen-bond acceptors (Lipinski definition) is 10. The van der Waals surface area contributed by atoms with Crippen LogP contribution < -0.4 is 20.7 Å². The Morgan fingerprint density at radius 1 is 1.16 bits per heavy atom. The van der Waals surface area contributed by atoms with Crippen molar-refractivity contribution in [3.05, 3.63) is 82.8 Å². The normalized spacial score (nSPS) is 13.7. The Morgan fingerprint density at radius 2 is 2.00 bits per heavy atom. The Kier molecular flexibility index (Phi) is 8.98. The molecule has 43 heavy (non-hydrogen) atoms. The number of aliphatic hydroxyl groups is 1. The number of aliphatic hydroxyl groups excluding tert-OH is 1. The van der Waals surface area contributed by atoms with Crippen LogP contribution in [0.2, 0.25) is 5.02 Å². The minimum absolute atomic E-state index is 0.259. The van der Waals surface area contributed by atoms with E-state index in [4.69, 9.17) is 16.3 Å². The number of pyridine rings is 2. The van der Waals surface area contributed by atoms with Gasteiger partial charge in [0, 0.05) is 42.2 Å². The first kappa shape index (κ1) is 29.7. The smallest absolute Gasteiger partial charge is 0.255 e. The highest BCUT2D eigenvalue weighted by Gasteiger charge is 2.35. The molecule has 3 aromatic heterocycles. The monoisotopic (exact) mass is 602 g/mol. The number of fused-ring (bicyclic) bond motifs is 1. The Hall–Kier alpha value is -4.81. The molecule has 0 saturated carbocycles. The summed E-state index contributed by atoms with van der Waals surface area (Å²) >= 11 is 6.47. The number of halogens is 1. The Labute approximate surface area is 253 Å². The molecule has 0 bridgehead atoms. The third kappa shape index (κ3) is 6.50. The predicted octanol–water partition coefficient (Wildman–Crippen LogP) is 3.97. The molecule has 0 saturated heterocycles. The lowest BCUT2D eigenvalue weighted by molar-refractivity contribution is -0.126. The molecule has 0 unspecified atom stereocenters. The number of rotatable bonds is 11. The first-order valence-corrected chi connectivity index (χ1v) is 14.0. The summed E-state index contributed by atoms with van der Waals surface area (Å²) in [5.74, 6) is 0.685. The van der Waals surface area contributed by atoms with Gasteiger partial charge in [0.2, 0.25) is 17.7 Å². The van der Waals surface area contributed by atoms with Crippen LogP contribution in [0.5, 0.6) is 5.88 Å². The molecule has 12 nitrogen and oxygen atoms in total. The lowest BCUT2D eigenvalue weighted by Gasteiger charge is -2.26. The zero-order valence-electron chi connectivity index (χ0n) is 23.8. The van der Waals surface area contributed by atoms with E-state index in [9.17, 15) is 14.7 Å². The van der Waals surface area contributed by atoms with Gasteiger partial charge in [0.15, 0.2) is 0 Å². The van der Waals surface area contributed by atoms with Crippen molar-refractivity contribution in [1.82, 2.24) is 30.2 Å². The number of nitrogens with zero attached hydrogens (tertiary/aromatic N) is 5. The fourth-order valence-corrected chi connectivity index (χ4v) is 4.91. The maximum Gasteiger partial charge on any atom is 0.255 e. The molecule has 2 amide bonds. The first-order chi connectivity index (χ1) is 20.8. The molecule has 4 N–H and O–H groups in total. The summed E-state index contributed by atoms with van der Waals surface area (Å²) in [4.78, 5) is 45.6. The fourth-order valence-electron chi connectivity index (χ4n) is 4.71. The van der Waals surface area contributed by atoms with Gasteiger partial charge in [-0.25, -0.2) is 19.9 Å². The van der Waals surface area contributed by atoms with Crippen LogP contribution >= 0.6 is 11.6 Å². The lowest BCUT2D eigenvalue weighted by Crippen LogP contribution is -2.46. The summed E-state index contributed by atoms with van der Waals surface area (Å²) in [6.07, 6.45) is 3.08. The number of amides is 2. The van der Waals surface area contributed by atoms with E-state index < -0.39 is 18.0 Å². The van der Waals surface area contributed by atoms with Gasteiger partial charge < -0.3 is 30.7 Å². The summed E-state index contributed by atoms with van der Waals surface area (Å²) in [6, 6.07) is 12.7. The van der Waals surface area contributed by atoms with Crippen LogP contribution in [0, 0.1) is 0 Å². The molecular formula is C30H31ClN8O4. The summed E-state index contributed by atoms with van der Waals surface area (Å²) in [5.41, 5.74) is 3.50.